The Bertz CT molecular complexity index is 1070. The van der Waals surface area contributed by atoms with E-state index in [4.69, 9.17) is 4.99 Å². The molecular weight excluding hydrogens is 292 g/mol. The van der Waals surface area contributed by atoms with Crippen molar-refractivity contribution in [1.29, 1.82) is 0 Å². The second kappa shape index (κ2) is 5.20. The van der Waals surface area contributed by atoms with Crippen LogP contribution in [0, 0.1) is 0 Å². The van der Waals surface area contributed by atoms with E-state index in [1.807, 2.05) is 0 Å². The Kier molecular flexibility index (Phi) is 2.89. The molecule has 0 N–H and O–H groups in total. The number of aliphatic imine (C=N–C) groups is 1. The van der Waals surface area contributed by atoms with Crippen LogP contribution in [0.3, 0.4) is 0 Å². The largest absolute Gasteiger partial charge is 0.326 e. The SMILES string of the molecule is c1ccc(-c2ccccc2C2=Nc3c4ccccc4cn3C2)cc1. The smallest absolute Gasteiger partial charge is 0.141 e. The van der Waals surface area contributed by atoms with Crippen LogP contribution in [0.15, 0.2) is 90.1 Å². The summed E-state index contributed by atoms with van der Waals surface area (Å²) >= 11 is 0. The van der Waals surface area contributed by atoms with Crippen molar-refractivity contribution in [2.24, 2.45) is 4.99 Å². The first kappa shape index (κ1) is 13.3. The summed E-state index contributed by atoms with van der Waals surface area (Å²) < 4.78 is 2.25. The minimum absolute atomic E-state index is 0.827. The predicted molar refractivity (Wildman–Crippen MR) is 100 cm³/mol. The Morgan fingerprint density at radius 1 is 0.708 bits per heavy atom. The molecule has 0 saturated heterocycles. The fourth-order valence-electron chi connectivity index (χ4n) is 3.52. The molecular formula is C22H16N2. The van der Waals surface area contributed by atoms with Gasteiger partial charge in [0.05, 0.1) is 12.3 Å². The van der Waals surface area contributed by atoms with E-state index in [1.165, 1.54) is 27.5 Å². The lowest BCUT2D eigenvalue weighted by Gasteiger charge is -2.09. The van der Waals surface area contributed by atoms with Gasteiger partial charge in [-0.05, 0) is 11.1 Å². The van der Waals surface area contributed by atoms with Crippen LogP contribution in [0.25, 0.3) is 21.9 Å². The molecule has 0 spiro atoms. The topological polar surface area (TPSA) is 17.3 Å². The zero-order valence-electron chi connectivity index (χ0n) is 13.2. The fraction of sp³-hybridized carbons (Fsp3) is 0.0455. The quantitative estimate of drug-likeness (QED) is 0.469. The van der Waals surface area contributed by atoms with E-state index in [1.54, 1.807) is 0 Å². The maximum absolute atomic E-state index is 4.98. The third-order valence-electron chi connectivity index (χ3n) is 4.65. The summed E-state index contributed by atoms with van der Waals surface area (Å²) in [5, 5.41) is 2.48. The first-order valence-electron chi connectivity index (χ1n) is 8.20. The highest BCUT2D eigenvalue weighted by atomic mass is 15.1. The van der Waals surface area contributed by atoms with E-state index in [2.05, 4.69) is 89.6 Å². The van der Waals surface area contributed by atoms with Crippen LogP contribution in [-0.2, 0) is 6.54 Å². The Labute approximate surface area is 140 Å². The highest BCUT2D eigenvalue weighted by Crippen LogP contribution is 2.35. The molecule has 0 atom stereocenters. The predicted octanol–water partition coefficient (Wildman–Crippen LogP) is 5.44. The van der Waals surface area contributed by atoms with Gasteiger partial charge >= 0.3 is 0 Å². The van der Waals surface area contributed by atoms with Crippen LogP contribution >= 0.6 is 0 Å². The number of benzene rings is 3. The van der Waals surface area contributed by atoms with Gasteiger partial charge in [-0.1, -0.05) is 78.9 Å². The van der Waals surface area contributed by atoms with Gasteiger partial charge in [-0.15, -0.1) is 0 Å². The van der Waals surface area contributed by atoms with E-state index >= 15 is 0 Å². The van der Waals surface area contributed by atoms with Crippen molar-refractivity contribution >= 4 is 22.3 Å². The standard InChI is InChI=1S/C22H16N2/c1-2-8-16(9-3-1)18-11-6-7-13-20(18)21-15-24-14-17-10-4-5-12-19(17)22(24)23-21/h1-14H,15H2. The lowest BCUT2D eigenvalue weighted by molar-refractivity contribution is 0.906. The molecule has 1 aromatic heterocycles. The van der Waals surface area contributed by atoms with E-state index < -0.39 is 0 Å². The summed E-state index contributed by atoms with van der Waals surface area (Å²) in [5.41, 5.74) is 4.83. The minimum Gasteiger partial charge on any atom is -0.326 e. The highest BCUT2D eigenvalue weighted by Gasteiger charge is 2.20. The zero-order valence-corrected chi connectivity index (χ0v) is 13.2. The molecule has 2 heterocycles. The molecule has 2 nitrogen and oxygen atoms in total. The Balaban J connectivity index is 1.66. The molecule has 0 saturated carbocycles. The Morgan fingerprint density at radius 3 is 2.29 bits per heavy atom. The average molecular weight is 308 g/mol. The number of hydrogen-bond donors (Lipinski definition) is 0. The molecule has 0 unspecified atom stereocenters. The number of rotatable bonds is 2. The van der Waals surface area contributed by atoms with E-state index in [9.17, 15) is 0 Å². The van der Waals surface area contributed by atoms with Gasteiger partial charge in [0, 0.05) is 22.5 Å². The maximum Gasteiger partial charge on any atom is 0.141 e. The normalized spacial score (nSPS) is 13.1. The number of fused-ring (bicyclic) bond motifs is 3. The molecule has 0 amide bonds. The molecule has 114 valence electrons. The van der Waals surface area contributed by atoms with Crippen LogP contribution in [-0.4, -0.2) is 10.3 Å². The molecule has 0 bridgehead atoms. The van der Waals surface area contributed by atoms with Crippen molar-refractivity contribution in [3.8, 4) is 11.1 Å². The molecule has 1 aliphatic rings. The van der Waals surface area contributed by atoms with Crippen LogP contribution in [0.5, 0.6) is 0 Å². The van der Waals surface area contributed by atoms with Crippen LogP contribution < -0.4 is 0 Å². The summed E-state index contributed by atoms with van der Waals surface area (Å²) in [7, 11) is 0. The van der Waals surface area contributed by atoms with Crippen molar-refractivity contribution in [1.82, 2.24) is 4.57 Å². The van der Waals surface area contributed by atoms with Gasteiger partial charge < -0.3 is 4.57 Å². The van der Waals surface area contributed by atoms with Crippen molar-refractivity contribution in [3.63, 3.8) is 0 Å². The van der Waals surface area contributed by atoms with Crippen LogP contribution in [0.2, 0.25) is 0 Å². The van der Waals surface area contributed by atoms with Gasteiger partial charge in [-0.2, -0.15) is 0 Å². The second-order valence-corrected chi connectivity index (χ2v) is 6.14. The summed E-state index contributed by atoms with van der Waals surface area (Å²) in [4.78, 5) is 4.98. The zero-order chi connectivity index (χ0) is 15.9. The molecule has 2 heteroatoms. The monoisotopic (exact) mass is 308 g/mol. The molecule has 3 aromatic carbocycles. The first-order chi connectivity index (χ1) is 11.9. The molecule has 1 aliphatic heterocycles. The van der Waals surface area contributed by atoms with Gasteiger partial charge in [0.1, 0.15) is 5.82 Å². The number of nitrogens with zero attached hydrogens (tertiary/aromatic N) is 2. The number of hydrogen-bond acceptors (Lipinski definition) is 1. The van der Waals surface area contributed by atoms with Gasteiger partial charge in [0.2, 0.25) is 0 Å². The number of aromatic nitrogens is 1. The average Bonchev–Trinajstić information content (AvgIpc) is 3.20. The third kappa shape index (κ3) is 2.00. The summed E-state index contributed by atoms with van der Waals surface area (Å²) in [6, 6.07) is 27.5. The Morgan fingerprint density at radius 2 is 1.42 bits per heavy atom. The minimum atomic E-state index is 0.827. The van der Waals surface area contributed by atoms with E-state index in [0.717, 1.165) is 18.1 Å². The van der Waals surface area contributed by atoms with Crippen LogP contribution in [0.4, 0.5) is 5.82 Å². The van der Waals surface area contributed by atoms with Gasteiger partial charge in [0.25, 0.3) is 0 Å². The van der Waals surface area contributed by atoms with E-state index in [0.29, 0.717) is 0 Å². The van der Waals surface area contributed by atoms with Crippen molar-refractivity contribution in [3.05, 3.63) is 90.6 Å². The van der Waals surface area contributed by atoms with Gasteiger partial charge in [-0.3, -0.25) is 0 Å². The summed E-state index contributed by atoms with van der Waals surface area (Å²) in [5.74, 6) is 1.07. The lowest BCUT2D eigenvalue weighted by Crippen LogP contribution is -2.06. The summed E-state index contributed by atoms with van der Waals surface area (Å²) in [6.07, 6.45) is 2.20. The van der Waals surface area contributed by atoms with Crippen LogP contribution in [0.1, 0.15) is 5.56 Å². The van der Waals surface area contributed by atoms with E-state index in [-0.39, 0.29) is 0 Å². The van der Waals surface area contributed by atoms with Crippen molar-refractivity contribution in [2.75, 3.05) is 0 Å². The molecule has 0 aliphatic carbocycles. The molecule has 24 heavy (non-hydrogen) atoms. The third-order valence-corrected chi connectivity index (χ3v) is 4.65. The first-order valence-corrected chi connectivity index (χ1v) is 8.20. The fourth-order valence-corrected chi connectivity index (χ4v) is 3.52. The lowest BCUT2D eigenvalue weighted by atomic mass is 9.97. The van der Waals surface area contributed by atoms with Gasteiger partial charge in [0.15, 0.2) is 0 Å². The molecule has 0 radical (unpaired) electrons. The molecule has 4 aromatic rings. The maximum atomic E-state index is 4.98. The summed E-state index contributed by atoms with van der Waals surface area (Å²) in [6.45, 7) is 0.827. The van der Waals surface area contributed by atoms with Gasteiger partial charge in [-0.25, -0.2) is 4.99 Å². The highest BCUT2D eigenvalue weighted by molar-refractivity contribution is 6.11. The molecule has 0 fully saturated rings. The van der Waals surface area contributed by atoms with Crippen molar-refractivity contribution < 1.29 is 0 Å². The van der Waals surface area contributed by atoms with Crippen molar-refractivity contribution in [2.45, 2.75) is 6.54 Å². The second-order valence-electron chi connectivity index (χ2n) is 6.14. The molecule has 5 rings (SSSR count). The Hall–Kier alpha value is -3.13.